The predicted octanol–water partition coefficient (Wildman–Crippen LogP) is 1.52. The Labute approximate surface area is 124 Å². The summed E-state index contributed by atoms with van der Waals surface area (Å²) in [5.74, 6) is 6.35. The number of hydrogen-bond donors (Lipinski definition) is 2. The number of fused-ring (bicyclic) bond motifs is 3. The summed E-state index contributed by atoms with van der Waals surface area (Å²) in [5, 5.41) is 5.92. The van der Waals surface area contributed by atoms with Crippen molar-refractivity contribution in [2.75, 3.05) is 0 Å². The molecule has 4 atom stereocenters. The van der Waals surface area contributed by atoms with Crippen molar-refractivity contribution >= 4 is 10.9 Å². The molecule has 5 heteroatoms. The van der Waals surface area contributed by atoms with E-state index in [1.165, 1.54) is 23.7 Å². The molecule has 4 unspecified atom stereocenters. The topological polar surface area (TPSA) is 65.1 Å². The van der Waals surface area contributed by atoms with Crippen LogP contribution in [0.4, 0.5) is 0 Å². The van der Waals surface area contributed by atoms with Crippen LogP contribution in [0, 0.1) is 5.92 Å². The van der Waals surface area contributed by atoms with Crippen molar-refractivity contribution in [3.63, 3.8) is 0 Å². The average molecular weight is 286 g/mol. The third-order valence-corrected chi connectivity index (χ3v) is 5.13. The fourth-order valence-corrected chi connectivity index (χ4v) is 4.08. The van der Waals surface area contributed by atoms with Crippen molar-refractivity contribution < 1.29 is 4.74 Å². The van der Waals surface area contributed by atoms with Crippen molar-refractivity contribution in [3.05, 3.63) is 30.0 Å². The highest BCUT2D eigenvalue weighted by atomic mass is 16.5. The van der Waals surface area contributed by atoms with Gasteiger partial charge in [0, 0.05) is 30.8 Å². The summed E-state index contributed by atoms with van der Waals surface area (Å²) < 4.78 is 7.93. The van der Waals surface area contributed by atoms with Crippen molar-refractivity contribution in [1.29, 1.82) is 0 Å². The third-order valence-electron chi connectivity index (χ3n) is 5.13. The minimum absolute atomic E-state index is 0.235. The zero-order valence-corrected chi connectivity index (χ0v) is 12.3. The van der Waals surface area contributed by atoms with Crippen LogP contribution in [0.25, 0.3) is 10.9 Å². The van der Waals surface area contributed by atoms with E-state index in [0.717, 1.165) is 18.5 Å². The van der Waals surface area contributed by atoms with Crippen LogP contribution in [-0.4, -0.2) is 28.0 Å². The second kappa shape index (κ2) is 5.09. The van der Waals surface area contributed by atoms with Gasteiger partial charge in [-0.2, -0.15) is 5.10 Å². The Hall–Kier alpha value is -1.43. The van der Waals surface area contributed by atoms with Gasteiger partial charge in [-0.3, -0.25) is 16.0 Å². The van der Waals surface area contributed by atoms with Gasteiger partial charge in [0.2, 0.25) is 0 Å². The fourth-order valence-electron chi connectivity index (χ4n) is 4.08. The third kappa shape index (κ3) is 2.16. The van der Waals surface area contributed by atoms with Crippen LogP contribution in [0.15, 0.2) is 24.3 Å². The summed E-state index contributed by atoms with van der Waals surface area (Å²) in [6.07, 6.45) is 5.21. The maximum atomic E-state index is 5.98. The molecule has 0 radical (unpaired) electrons. The van der Waals surface area contributed by atoms with Crippen molar-refractivity contribution in [3.8, 4) is 0 Å². The number of hydrazine groups is 1. The number of benzene rings is 1. The summed E-state index contributed by atoms with van der Waals surface area (Å²) in [6.45, 7) is 0. The number of nitrogens with zero attached hydrogens (tertiary/aromatic N) is 2. The lowest BCUT2D eigenvalue weighted by atomic mass is 9.82. The molecule has 2 aliphatic rings. The van der Waals surface area contributed by atoms with Crippen LogP contribution < -0.4 is 11.3 Å². The molecule has 1 aromatic carbocycles. The first-order chi connectivity index (χ1) is 10.3. The highest BCUT2D eigenvalue weighted by Gasteiger charge is 2.44. The molecule has 2 aliphatic heterocycles. The van der Waals surface area contributed by atoms with E-state index in [0.29, 0.717) is 18.1 Å². The molecule has 3 N–H and O–H groups in total. The molecule has 2 fully saturated rings. The first-order valence-electron chi connectivity index (χ1n) is 7.78. The van der Waals surface area contributed by atoms with Gasteiger partial charge < -0.3 is 4.74 Å². The highest BCUT2D eigenvalue weighted by molar-refractivity contribution is 5.81. The van der Waals surface area contributed by atoms with E-state index in [2.05, 4.69) is 29.7 Å². The first kappa shape index (κ1) is 13.2. The Balaban J connectivity index is 1.61. The van der Waals surface area contributed by atoms with E-state index in [1.54, 1.807) is 0 Å². The smallest absolute Gasteiger partial charge is 0.0719 e. The van der Waals surface area contributed by atoms with Crippen LogP contribution in [0.2, 0.25) is 0 Å². The Morgan fingerprint density at radius 2 is 2.29 bits per heavy atom. The van der Waals surface area contributed by atoms with Crippen molar-refractivity contribution in [1.82, 2.24) is 15.2 Å². The summed E-state index contributed by atoms with van der Waals surface area (Å²) in [6, 6.07) is 8.61. The van der Waals surface area contributed by atoms with Crippen LogP contribution >= 0.6 is 0 Å². The molecule has 2 bridgehead atoms. The van der Waals surface area contributed by atoms with Crippen LogP contribution in [0.5, 0.6) is 0 Å². The number of ether oxygens (including phenoxy) is 1. The van der Waals surface area contributed by atoms with E-state index in [-0.39, 0.29) is 6.04 Å². The maximum Gasteiger partial charge on any atom is 0.0719 e. The molecule has 2 aromatic rings. The number of hydrogen-bond acceptors (Lipinski definition) is 4. The second-order valence-electron chi connectivity index (χ2n) is 6.34. The van der Waals surface area contributed by atoms with Crippen molar-refractivity contribution in [2.45, 2.75) is 43.9 Å². The molecule has 2 saturated heterocycles. The Morgan fingerprint density at radius 3 is 3.00 bits per heavy atom. The summed E-state index contributed by atoms with van der Waals surface area (Å²) in [7, 11) is 2.00. The number of aryl methyl sites for hydroxylation is 1. The monoisotopic (exact) mass is 286 g/mol. The van der Waals surface area contributed by atoms with E-state index >= 15 is 0 Å². The van der Waals surface area contributed by atoms with Gasteiger partial charge in [-0.15, -0.1) is 0 Å². The number of aromatic nitrogens is 2. The number of nitrogens with one attached hydrogen (secondary N) is 1. The second-order valence-corrected chi connectivity index (χ2v) is 6.34. The fraction of sp³-hybridized carbons (Fsp3) is 0.562. The number of nitrogens with two attached hydrogens (primary N) is 1. The lowest BCUT2D eigenvalue weighted by Crippen LogP contribution is -2.45. The van der Waals surface area contributed by atoms with Gasteiger partial charge in [-0.25, -0.2) is 0 Å². The van der Waals surface area contributed by atoms with E-state index in [9.17, 15) is 0 Å². The maximum absolute atomic E-state index is 5.98. The van der Waals surface area contributed by atoms with E-state index in [4.69, 9.17) is 15.7 Å². The van der Waals surface area contributed by atoms with E-state index in [1.807, 2.05) is 11.7 Å². The first-order valence-corrected chi connectivity index (χ1v) is 7.78. The van der Waals surface area contributed by atoms with Crippen LogP contribution in [-0.2, 0) is 18.2 Å². The van der Waals surface area contributed by atoms with Gasteiger partial charge >= 0.3 is 0 Å². The van der Waals surface area contributed by atoms with Gasteiger partial charge in [0.05, 0.1) is 23.4 Å². The molecule has 0 spiro atoms. The van der Waals surface area contributed by atoms with Crippen LogP contribution in [0.1, 0.15) is 25.0 Å². The number of rotatable bonds is 4. The number of para-hydroxylation sites is 1. The molecule has 0 amide bonds. The van der Waals surface area contributed by atoms with Gasteiger partial charge in [0.1, 0.15) is 0 Å². The molecule has 4 rings (SSSR count). The summed E-state index contributed by atoms with van der Waals surface area (Å²) in [5.41, 5.74) is 5.32. The predicted molar refractivity (Wildman–Crippen MR) is 81.5 cm³/mol. The summed E-state index contributed by atoms with van der Waals surface area (Å²) in [4.78, 5) is 0. The molecule has 21 heavy (non-hydrogen) atoms. The largest absolute Gasteiger partial charge is 0.375 e. The Kier molecular flexibility index (Phi) is 3.21. The lowest BCUT2D eigenvalue weighted by Gasteiger charge is -2.27. The molecule has 3 heterocycles. The van der Waals surface area contributed by atoms with Gasteiger partial charge in [0.25, 0.3) is 0 Å². The molecular weight excluding hydrogens is 264 g/mol. The van der Waals surface area contributed by atoms with Crippen molar-refractivity contribution in [2.24, 2.45) is 18.8 Å². The normalized spacial score (nSPS) is 29.3. The van der Waals surface area contributed by atoms with Gasteiger partial charge in [-0.1, -0.05) is 18.2 Å². The SMILES string of the molecule is Cn1nc(CC(NN)C2CC3CCC2O3)c2ccccc21. The molecular formula is C16H22N4O. The molecule has 5 nitrogen and oxygen atoms in total. The highest BCUT2D eigenvalue weighted by Crippen LogP contribution is 2.41. The molecule has 112 valence electrons. The van der Waals surface area contributed by atoms with Gasteiger partial charge in [-0.05, 0) is 25.3 Å². The van der Waals surface area contributed by atoms with Gasteiger partial charge in [0.15, 0.2) is 0 Å². The summed E-state index contributed by atoms with van der Waals surface area (Å²) >= 11 is 0. The van der Waals surface area contributed by atoms with E-state index < -0.39 is 0 Å². The quantitative estimate of drug-likeness (QED) is 0.660. The molecule has 0 saturated carbocycles. The average Bonchev–Trinajstić information content (AvgIpc) is 3.20. The zero-order valence-electron chi connectivity index (χ0n) is 12.3. The van der Waals surface area contributed by atoms with Crippen LogP contribution in [0.3, 0.4) is 0 Å². The molecule has 1 aromatic heterocycles. The Morgan fingerprint density at radius 1 is 1.43 bits per heavy atom. The molecule has 0 aliphatic carbocycles. The minimum Gasteiger partial charge on any atom is -0.375 e. The standard InChI is InChI=1S/C16H22N4O/c1-20-15-5-3-2-4-11(15)14(19-20)9-13(18-17)12-8-10-6-7-16(12)21-10/h2-5,10,12-13,16,18H,6-9,17H2,1H3. The Bertz CT molecular complexity index is 653. The lowest BCUT2D eigenvalue weighted by molar-refractivity contribution is 0.0856. The minimum atomic E-state index is 0.235. The zero-order chi connectivity index (χ0) is 14.4.